The lowest BCUT2D eigenvalue weighted by atomic mass is 9.81. The first kappa shape index (κ1) is 18.8. The largest absolute Gasteiger partial charge is 0.274 e. The second-order valence-corrected chi connectivity index (χ2v) is 9.06. The SMILES string of the molecule is O=C1C2CCCCC2C(=O)N1c1ccc(N2C(=O)C3CCCCC3C2=O)c(Cl)c1. The van der Waals surface area contributed by atoms with E-state index in [2.05, 4.69) is 0 Å². The van der Waals surface area contributed by atoms with E-state index in [1.54, 1.807) is 12.1 Å². The molecule has 2 aliphatic heterocycles. The average molecular weight is 415 g/mol. The molecule has 4 fully saturated rings. The molecule has 2 heterocycles. The Hall–Kier alpha value is -2.21. The Morgan fingerprint density at radius 2 is 1.07 bits per heavy atom. The summed E-state index contributed by atoms with van der Waals surface area (Å²) in [5, 5.41) is 0.207. The fraction of sp³-hybridized carbons (Fsp3) is 0.545. The van der Waals surface area contributed by atoms with Crippen LogP contribution in [-0.4, -0.2) is 23.6 Å². The normalized spacial score (nSPS) is 32.0. The van der Waals surface area contributed by atoms with Crippen LogP contribution in [0.4, 0.5) is 11.4 Å². The first-order chi connectivity index (χ1) is 14.0. The third-order valence-electron chi connectivity index (χ3n) is 7.11. The topological polar surface area (TPSA) is 74.8 Å². The molecular weight excluding hydrogens is 392 g/mol. The molecule has 152 valence electrons. The van der Waals surface area contributed by atoms with Gasteiger partial charge in [0.25, 0.3) is 0 Å². The maximum atomic E-state index is 12.8. The van der Waals surface area contributed by atoms with E-state index in [4.69, 9.17) is 11.6 Å². The van der Waals surface area contributed by atoms with Crippen molar-refractivity contribution < 1.29 is 19.2 Å². The maximum Gasteiger partial charge on any atom is 0.237 e. The zero-order chi connectivity index (χ0) is 20.3. The van der Waals surface area contributed by atoms with Gasteiger partial charge in [-0.25, -0.2) is 4.90 Å². The molecule has 0 spiro atoms. The van der Waals surface area contributed by atoms with Gasteiger partial charge in [-0.3, -0.25) is 24.1 Å². The van der Waals surface area contributed by atoms with Crippen LogP contribution in [0.2, 0.25) is 5.02 Å². The summed E-state index contributed by atoms with van der Waals surface area (Å²) in [7, 11) is 0. The van der Waals surface area contributed by atoms with Crippen molar-refractivity contribution in [1.82, 2.24) is 0 Å². The molecule has 2 saturated heterocycles. The van der Waals surface area contributed by atoms with Crippen LogP contribution in [0.15, 0.2) is 18.2 Å². The van der Waals surface area contributed by atoms with Crippen LogP contribution in [0.3, 0.4) is 0 Å². The van der Waals surface area contributed by atoms with Crippen LogP contribution in [0, 0.1) is 23.7 Å². The van der Waals surface area contributed by atoms with Gasteiger partial charge in [0.1, 0.15) is 0 Å². The molecule has 0 aromatic heterocycles. The fourth-order valence-electron chi connectivity index (χ4n) is 5.63. The van der Waals surface area contributed by atoms with Crippen LogP contribution in [0.5, 0.6) is 0 Å². The molecular formula is C22H23ClN2O4. The molecule has 5 rings (SSSR count). The number of hydrogen-bond acceptors (Lipinski definition) is 4. The molecule has 4 amide bonds. The summed E-state index contributed by atoms with van der Waals surface area (Å²) < 4.78 is 0. The van der Waals surface area contributed by atoms with Gasteiger partial charge in [-0.1, -0.05) is 37.3 Å². The number of benzene rings is 1. The summed E-state index contributed by atoms with van der Waals surface area (Å²) in [5.41, 5.74) is 0.760. The Morgan fingerprint density at radius 3 is 1.48 bits per heavy atom. The number of nitrogens with zero attached hydrogens (tertiary/aromatic N) is 2. The third kappa shape index (κ3) is 2.75. The zero-order valence-electron chi connectivity index (χ0n) is 16.1. The van der Waals surface area contributed by atoms with E-state index >= 15 is 0 Å². The molecule has 1 aromatic rings. The van der Waals surface area contributed by atoms with E-state index in [1.807, 2.05) is 0 Å². The number of halogens is 1. The summed E-state index contributed by atoms with van der Waals surface area (Å²) in [5.74, 6) is -1.68. The van der Waals surface area contributed by atoms with Crippen molar-refractivity contribution in [2.45, 2.75) is 51.4 Å². The number of rotatable bonds is 2. The Bertz CT molecular complexity index is 881. The fourth-order valence-corrected chi connectivity index (χ4v) is 5.89. The minimum absolute atomic E-state index is 0.164. The van der Waals surface area contributed by atoms with Crippen molar-refractivity contribution in [2.24, 2.45) is 23.7 Å². The number of imide groups is 2. The molecule has 2 aliphatic carbocycles. The Morgan fingerprint density at radius 1 is 0.655 bits per heavy atom. The van der Waals surface area contributed by atoms with Crippen molar-refractivity contribution >= 4 is 46.6 Å². The molecule has 29 heavy (non-hydrogen) atoms. The molecule has 6 nitrogen and oxygen atoms in total. The lowest BCUT2D eigenvalue weighted by molar-refractivity contribution is -0.124. The highest BCUT2D eigenvalue weighted by molar-refractivity contribution is 6.36. The van der Waals surface area contributed by atoms with Crippen molar-refractivity contribution in [3.05, 3.63) is 23.2 Å². The van der Waals surface area contributed by atoms with Crippen molar-refractivity contribution in [2.75, 3.05) is 9.80 Å². The zero-order valence-corrected chi connectivity index (χ0v) is 16.9. The van der Waals surface area contributed by atoms with Gasteiger partial charge >= 0.3 is 0 Å². The third-order valence-corrected chi connectivity index (χ3v) is 7.42. The Labute approximate surface area is 174 Å². The summed E-state index contributed by atoms with van der Waals surface area (Å²) >= 11 is 6.47. The molecule has 0 N–H and O–H groups in total. The number of carbonyl (C=O) groups is 4. The monoisotopic (exact) mass is 414 g/mol. The quantitative estimate of drug-likeness (QED) is 0.691. The maximum absolute atomic E-state index is 12.8. The highest BCUT2D eigenvalue weighted by atomic mass is 35.5. The van der Waals surface area contributed by atoms with E-state index in [0.29, 0.717) is 11.4 Å². The van der Waals surface area contributed by atoms with E-state index in [1.165, 1.54) is 15.9 Å². The lowest BCUT2D eigenvalue weighted by Gasteiger charge is -2.20. The highest BCUT2D eigenvalue weighted by Crippen LogP contribution is 2.44. The average Bonchev–Trinajstić information content (AvgIpc) is 3.14. The molecule has 1 aromatic carbocycles. The molecule has 4 atom stereocenters. The second-order valence-electron chi connectivity index (χ2n) is 8.65. The summed E-state index contributed by atoms with van der Waals surface area (Å²) in [6, 6.07) is 4.75. The first-order valence-corrected chi connectivity index (χ1v) is 10.9. The van der Waals surface area contributed by atoms with Gasteiger partial charge in [0, 0.05) is 0 Å². The van der Waals surface area contributed by atoms with Gasteiger partial charge in [0.2, 0.25) is 23.6 Å². The standard InChI is InChI=1S/C22H23ClN2O4/c23-17-11-12(24-19(26)13-5-1-2-6-14(13)20(24)27)9-10-18(17)25-21(28)15-7-3-4-8-16(15)22(25)29/h9-11,13-16H,1-8H2. The number of fused-ring (bicyclic) bond motifs is 2. The van der Waals surface area contributed by atoms with Crippen molar-refractivity contribution in [3.8, 4) is 0 Å². The second kappa shape index (κ2) is 6.94. The minimum Gasteiger partial charge on any atom is -0.274 e. The first-order valence-electron chi connectivity index (χ1n) is 10.5. The molecule has 4 aliphatic rings. The van der Waals surface area contributed by atoms with E-state index < -0.39 is 0 Å². The van der Waals surface area contributed by atoms with Crippen molar-refractivity contribution in [1.29, 1.82) is 0 Å². The van der Waals surface area contributed by atoms with Gasteiger partial charge in [-0.15, -0.1) is 0 Å². The van der Waals surface area contributed by atoms with Gasteiger partial charge in [0.15, 0.2) is 0 Å². The lowest BCUT2D eigenvalue weighted by Crippen LogP contribution is -2.32. The number of anilines is 2. The van der Waals surface area contributed by atoms with E-state index in [0.717, 1.165) is 51.4 Å². The molecule has 0 radical (unpaired) electrons. The molecule has 0 bridgehead atoms. The minimum atomic E-state index is -0.253. The summed E-state index contributed by atoms with van der Waals surface area (Å²) in [4.78, 5) is 53.8. The van der Waals surface area contributed by atoms with Gasteiger partial charge in [0.05, 0.1) is 40.1 Å². The number of hydrogen-bond donors (Lipinski definition) is 0. The molecule has 2 saturated carbocycles. The predicted molar refractivity (Wildman–Crippen MR) is 107 cm³/mol. The number of amides is 4. The van der Waals surface area contributed by atoms with E-state index in [-0.39, 0.29) is 52.3 Å². The van der Waals surface area contributed by atoms with Gasteiger partial charge < -0.3 is 0 Å². The Kier molecular flexibility index (Phi) is 4.50. The van der Waals surface area contributed by atoms with E-state index in [9.17, 15) is 19.2 Å². The number of carbonyl (C=O) groups excluding carboxylic acids is 4. The van der Waals surface area contributed by atoms with Crippen LogP contribution in [-0.2, 0) is 19.2 Å². The highest BCUT2D eigenvalue weighted by Gasteiger charge is 2.50. The van der Waals surface area contributed by atoms with Crippen LogP contribution in [0.25, 0.3) is 0 Å². The summed E-state index contributed by atoms with van der Waals surface area (Å²) in [6.07, 6.45) is 6.82. The van der Waals surface area contributed by atoms with Gasteiger partial charge in [-0.2, -0.15) is 0 Å². The van der Waals surface area contributed by atoms with Crippen LogP contribution in [0.1, 0.15) is 51.4 Å². The van der Waals surface area contributed by atoms with Gasteiger partial charge in [-0.05, 0) is 43.9 Å². The molecule has 7 heteroatoms. The molecule has 4 unspecified atom stereocenters. The Balaban J connectivity index is 1.45. The van der Waals surface area contributed by atoms with Crippen LogP contribution >= 0.6 is 11.6 Å². The summed E-state index contributed by atoms with van der Waals surface area (Å²) in [6.45, 7) is 0. The van der Waals surface area contributed by atoms with Crippen molar-refractivity contribution in [3.63, 3.8) is 0 Å². The predicted octanol–water partition coefficient (Wildman–Crippen LogP) is 3.70. The van der Waals surface area contributed by atoms with Crippen LogP contribution < -0.4 is 9.80 Å². The smallest absolute Gasteiger partial charge is 0.237 e.